The zero-order chi connectivity index (χ0) is 16.2. The third-order valence-corrected chi connectivity index (χ3v) is 4.02. The van der Waals surface area contributed by atoms with Gasteiger partial charge in [0, 0.05) is 24.1 Å². The Kier molecular flexibility index (Phi) is 4.99. The Morgan fingerprint density at radius 1 is 1.09 bits per heavy atom. The average molecular weight is 296 g/mol. The molecular weight excluding hydrogens is 272 g/mol. The number of rotatable bonds is 5. The van der Waals surface area contributed by atoms with Crippen LogP contribution in [-0.2, 0) is 12.0 Å². The van der Waals surface area contributed by atoms with Gasteiger partial charge in [-0.2, -0.15) is 0 Å². The van der Waals surface area contributed by atoms with Crippen molar-refractivity contribution in [1.82, 2.24) is 5.32 Å². The van der Waals surface area contributed by atoms with Crippen molar-refractivity contribution >= 4 is 5.91 Å². The number of carbonyl (C=O) groups excluding carboxylic acids is 1. The van der Waals surface area contributed by atoms with Crippen LogP contribution in [0.4, 0.5) is 0 Å². The van der Waals surface area contributed by atoms with E-state index < -0.39 is 0 Å². The molecular formula is C19H24N2O. The molecule has 0 saturated heterocycles. The van der Waals surface area contributed by atoms with Gasteiger partial charge in [0.2, 0.25) is 0 Å². The largest absolute Gasteiger partial charge is 0.351 e. The molecule has 2 rings (SSSR count). The fraction of sp³-hybridized carbons (Fsp3) is 0.316. The van der Waals surface area contributed by atoms with Crippen LogP contribution in [0.25, 0.3) is 0 Å². The molecule has 0 saturated carbocycles. The number of hydrogen-bond donors (Lipinski definition) is 2. The van der Waals surface area contributed by atoms with Crippen LogP contribution < -0.4 is 11.1 Å². The number of carbonyl (C=O) groups is 1. The van der Waals surface area contributed by atoms with Crippen LogP contribution in [0.3, 0.4) is 0 Å². The second kappa shape index (κ2) is 6.75. The minimum absolute atomic E-state index is 0.0507. The molecule has 0 atom stereocenters. The highest BCUT2D eigenvalue weighted by Crippen LogP contribution is 2.25. The van der Waals surface area contributed by atoms with Crippen molar-refractivity contribution in [1.29, 1.82) is 0 Å². The third-order valence-electron chi connectivity index (χ3n) is 4.02. The number of amides is 1. The minimum Gasteiger partial charge on any atom is -0.351 e. The molecule has 1 amide bonds. The van der Waals surface area contributed by atoms with Gasteiger partial charge < -0.3 is 11.1 Å². The van der Waals surface area contributed by atoms with Crippen LogP contribution in [0.15, 0.2) is 48.5 Å². The molecule has 0 spiro atoms. The highest BCUT2D eigenvalue weighted by atomic mass is 16.1. The van der Waals surface area contributed by atoms with Gasteiger partial charge in [-0.3, -0.25) is 4.79 Å². The Balaban J connectivity index is 2.04. The predicted octanol–water partition coefficient (Wildman–Crippen LogP) is 3.16. The van der Waals surface area contributed by atoms with Crippen molar-refractivity contribution < 1.29 is 4.79 Å². The molecule has 0 aromatic heterocycles. The lowest BCUT2D eigenvalue weighted by atomic mass is 9.82. The number of nitrogens with two attached hydrogens (primary N) is 1. The van der Waals surface area contributed by atoms with Crippen molar-refractivity contribution in [3.05, 3.63) is 70.8 Å². The van der Waals surface area contributed by atoms with Gasteiger partial charge in [0.25, 0.3) is 5.91 Å². The number of hydrogen-bond acceptors (Lipinski definition) is 2. The average Bonchev–Trinajstić information content (AvgIpc) is 2.53. The molecule has 0 aliphatic heterocycles. The molecule has 0 fully saturated rings. The lowest BCUT2D eigenvalue weighted by Gasteiger charge is -2.27. The molecule has 116 valence electrons. The molecule has 3 heteroatoms. The summed E-state index contributed by atoms with van der Waals surface area (Å²) >= 11 is 0. The van der Waals surface area contributed by atoms with Crippen LogP contribution >= 0.6 is 0 Å². The van der Waals surface area contributed by atoms with E-state index in [0.717, 1.165) is 5.56 Å². The Morgan fingerprint density at radius 2 is 1.73 bits per heavy atom. The van der Waals surface area contributed by atoms with Crippen LogP contribution in [0.5, 0.6) is 0 Å². The van der Waals surface area contributed by atoms with Gasteiger partial charge in [0.15, 0.2) is 0 Å². The summed E-state index contributed by atoms with van der Waals surface area (Å²) in [5, 5.41) is 3.03. The lowest BCUT2D eigenvalue weighted by Crippen LogP contribution is -2.37. The Bertz CT molecular complexity index is 645. The van der Waals surface area contributed by atoms with Gasteiger partial charge in [-0.05, 0) is 35.7 Å². The zero-order valence-electron chi connectivity index (χ0n) is 13.5. The zero-order valence-corrected chi connectivity index (χ0v) is 13.5. The van der Waals surface area contributed by atoms with Gasteiger partial charge in [-0.25, -0.2) is 0 Å². The topological polar surface area (TPSA) is 55.1 Å². The van der Waals surface area contributed by atoms with E-state index in [1.807, 2.05) is 36.4 Å². The van der Waals surface area contributed by atoms with E-state index in [9.17, 15) is 4.79 Å². The molecule has 0 aliphatic rings. The molecule has 3 N–H and O–H groups in total. The molecule has 0 unspecified atom stereocenters. The van der Waals surface area contributed by atoms with Crippen molar-refractivity contribution in [3.8, 4) is 0 Å². The van der Waals surface area contributed by atoms with Crippen LogP contribution in [0.1, 0.15) is 40.9 Å². The molecule has 0 heterocycles. The van der Waals surface area contributed by atoms with Crippen molar-refractivity contribution in [2.75, 3.05) is 6.54 Å². The third kappa shape index (κ3) is 3.74. The number of benzene rings is 2. The van der Waals surface area contributed by atoms with Crippen molar-refractivity contribution in [2.24, 2.45) is 5.73 Å². The Morgan fingerprint density at radius 3 is 2.32 bits per heavy atom. The normalized spacial score (nSPS) is 11.3. The number of aryl methyl sites for hydroxylation is 1. The molecule has 0 radical (unpaired) electrons. The fourth-order valence-electron chi connectivity index (χ4n) is 2.62. The maximum Gasteiger partial charge on any atom is 0.251 e. The molecule has 2 aromatic rings. The first-order valence-electron chi connectivity index (χ1n) is 7.57. The fourth-order valence-corrected chi connectivity index (χ4v) is 2.62. The first kappa shape index (κ1) is 16.2. The molecule has 0 bridgehead atoms. The summed E-state index contributed by atoms with van der Waals surface area (Å²) in [5.41, 5.74) is 9.65. The molecule has 2 aromatic carbocycles. The first-order valence-corrected chi connectivity index (χ1v) is 7.57. The summed E-state index contributed by atoms with van der Waals surface area (Å²) in [4.78, 5) is 12.3. The summed E-state index contributed by atoms with van der Waals surface area (Å²) in [6, 6.07) is 15.7. The van der Waals surface area contributed by atoms with E-state index in [1.165, 1.54) is 11.1 Å². The van der Waals surface area contributed by atoms with E-state index >= 15 is 0 Å². The van der Waals surface area contributed by atoms with Crippen LogP contribution in [-0.4, -0.2) is 12.5 Å². The van der Waals surface area contributed by atoms with Gasteiger partial charge in [0.05, 0.1) is 0 Å². The van der Waals surface area contributed by atoms with E-state index in [4.69, 9.17) is 5.73 Å². The van der Waals surface area contributed by atoms with Crippen LogP contribution in [0.2, 0.25) is 0 Å². The number of nitrogens with one attached hydrogen (secondary N) is 1. The van der Waals surface area contributed by atoms with Gasteiger partial charge in [-0.1, -0.05) is 50.2 Å². The lowest BCUT2D eigenvalue weighted by molar-refractivity contribution is 0.0945. The van der Waals surface area contributed by atoms with Gasteiger partial charge >= 0.3 is 0 Å². The van der Waals surface area contributed by atoms with Crippen molar-refractivity contribution in [3.63, 3.8) is 0 Å². The summed E-state index contributed by atoms with van der Waals surface area (Å²) in [5.74, 6) is -0.0507. The maximum absolute atomic E-state index is 12.3. The summed E-state index contributed by atoms with van der Waals surface area (Å²) in [6.45, 7) is 7.47. The highest BCUT2D eigenvalue weighted by Gasteiger charge is 2.23. The second-order valence-corrected chi connectivity index (χ2v) is 6.28. The summed E-state index contributed by atoms with van der Waals surface area (Å²) in [7, 11) is 0. The quantitative estimate of drug-likeness (QED) is 0.890. The van der Waals surface area contributed by atoms with Gasteiger partial charge in [-0.15, -0.1) is 0 Å². The maximum atomic E-state index is 12.3. The highest BCUT2D eigenvalue weighted by molar-refractivity contribution is 5.94. The summed E-state index contributed by atoms with van der Waals surface area (Å²) < 4.78 is 0. The Hall–Kier alpha value is -2.13. The van der Waals surface area contributed by atoms with E-state index in [-0.39, 0.29) is 11.3 Å². The monoisotopic (exact) mass is 296 g/mol. The molecule has 22 heavy (non-hydrogen) atoms. The van der Waals surface area contributed by atoms with Crippen molar-refractivity contribution in [2.45, 2.75) is 32.7 Å². The SMILES string of the molecule is Cc1ccccc1C(C)(C)CNC(=O)c1ccc(CN)cc1. The standard InChI is InChI=1S/C19H24N2O/c1-14-6-4-5-7-17(14)19(2,3)13-21-18(22)16-10-8-15(12-20)9-11-16/h4-11H,12-13,20H2,1-3H3,(H,21,22). The van der Waals surface area contributed by atoms with E-state index in [2.05, 4.69) is 38.2 Å². The molecule has 0 aliphatic carbocycles. The first-order chi connectivity index (χ1) is 10.4. The van der Waals surface area contributed by atoms with Crippen LogP contribution in [0, 0.1) is 6.92 Å². The van der Waals surface area contributed by atoms with E-state index in [1.54, 1.807) is 0 Å². The summed E-state index contributed by atoms with van der Waals surface area (Å²) in [6.07, 6.45) is 0. The molecule has 3 nitrogen and oxygen atoms in total. The van der Waals surface area contributed by atoms with Gasteiger partial charge in [0.1, 0.15) is 0 Å². The minimum atomic E-state index is -0.113. The predicted molar refractivity (Wildman–Crippen MR) is 90.9 cm³/mol. The Labute approximate surface area is 132 Å². The smallest absolute Gasteiger partial charge is 0.251 e. The second-order valence-electron chi connectivity index (χ2n) is 6.28. The van der Waals surface area contributed by atoms with E-state index in [0.29, 0.717) is 18.7 Å².